The molecular formula is C12H19NS. The molecule has 1 aromatic carbocycles. The van der Waals surface area contributed by atoms with Crippen LogP contribution in [0.1, 0.15) is 25.0 Å². The monoisotopic (exact) mass is 209 g/mol. The van der Waals surface area contributed by atoms with E-state index in [2.05, 4.69) is 56.5 Å². The molecule has 78 valence electrons. The maximum atomic E-state index is 4.47. The predicted octanol–water partition coefficient (Wildman–Crippen LogP) is 3.13. The van der Waals surface area contributed by atoms with Crippen LogP contribution in [0.2, 0.25) is 0 Å². The highest BCUT2D eigenvalue weighted by Crippen LogP contribution is 2.17. The summed E-state index contributed by atoms with van der Waals surface area (Å²) >= 11 is 4.47. The second kappa shape index (κ2) is 5.42. The Morgan fingerprint density at radius 3 is 2.43 bits per heavy atom. The maximum absolute atomic E-state index is 4.47. The molecule has 1 aromatic rings. The molecule has 0 atom stereocenters. The summed E-state index contributed by atoms with van der Waals surface area (Å²) in [7, 11) is 0. The normalized spacial score (nSPS) is 10.9. The highest BCUT2D eigenvalue weighted by molar-refractivity contribution is 7.80. The minimum absolute atomic E-state index is 1.01. The maximum Gasteiger partial charge on any atom is 0.0244 e. The molecule has 0 aliphatic heterocycles. The van der Waals surface area contributed by atoms with E-state index in [0.717, 1.165) is 24.5 Å². The molecule has 0 unspecified atom stereocenters. The van der Waals surface area contributed by atoms with Crippen molar-refractivity contribution in [3.05, 3.63) is 29.3 Å². The molecule has 0 heterocycles. The Bertz CT molecular complexity index is 292. The molecule has 0 aliphatic carbocycles. The average molecular weight is 209 g/mol. The Kier molecular flexibility index (Phi) is 4.49. The van der Waals surface area contributed by atoms with E-state index in [1.165, 1.54) is 11.1 Å². The topological polar surface area (TPSA) is 3.24 Å². The number of aryl methyl sites for hydroxylation is 1. The van der Waals surface area contributed by atoms with Crippen molar-refractivity contribution in [2.45, 2.75) is 32.2 Å². The van der Waals surface area contributed by atoms with Crippen molar-refractivity contribution in [3.63, 3.8) is 0 Å². The summed E-state index contributed by atoms with van der Waals surface area (Å²) in [5.74, 6) is 0. The Morgan fingerprint density at radius 1 is 1.21 bits per heavy atom. The first-order valence-corrected chi connectivity index (χ1v) is 5.63. The second-order valence-electron chi connectivity index (χ2n) is 3.59. The fourth-order valence-electron chi connectivity index (χ4n) is 1.53. The standard InChI is InChI=1S/C12H19NS/c1-4-13(5-2)9-11-8-10(3)6-7-12(11)14/h6-8,14H,4-5,9H2,1-3H3. The first kappa shape index (κ1) is 11.6. The summed E-state index contributed by atoms with van der Waals surface area (Å²) in [6, 6.07) is 6.41. The molecule has 2 heteroatoms. The molecule has 0 aromatic heterocycles. The Morgan fingerprint density at radius 2 is 1.86 bits per heavy atom. The van der Waals surface area contributed by atoms with Gasteiger partial charge in [-0.05, 0) is 31.6 Å². The van der Waals surface area contributed by atoms with Crippen LogP contribution in [0.4, 0.5) is 0 Å². The number of hydrogen-bond acceptors (Lipinski definition) is 2. The van der Waals surface area contributed by atoms with E-state index in [4.69, 9.17) is 0 Å². The third-order valence-corrected chi connectivity index (χ3v) is 2.96. The number of hydrogen-bond donors (Lipinski definition) is 1. The van der Waals surface area contributed by atoms with Gasteiger partial charge in [0.2, 0.25) is 0 Å². The van der Waals surface area contributed by atoms with Gasteiger partial charge in [0.15, 0.2) is 0 Å². The van der Waals surface area contributed by atoms with Crippen molar-refractivity contribution in [1.29, 1.82) is 0 Å². The van der Waals surface area contributed by atoms with Crippen LogP contribution in [0, 0.1) is 6.92 Å². The van der Waals surface area contributed by atoms with Gasteiger partial charge in [0.05, 0.1) is 0 Å². The van der Waals surface area contributed by atoms with Crippen LogP contribution >= 0.6 is 12.6 Å². The molecule has 0 bridgehead atoms. The number of benzene rings is 1. The third-order valence-electron chi connectivity index (χ3n) is 2.52. The molecule has 0 radical (unpaired) electrons. The van der Waals surface area contributed by atoms with E-state index in [1.54, 1.807) is 0 Å². The third kappa shape index (κ3) is 3.03. The summed E-state index contributed by atoms with van der Waals surface area (Å²) in [5, 5.41) is 0. The van der Waals surface area contributed by atoms with Gasteiger partial charge in [0, 0.05) is 11.4 Å². The van der Waals surface area contributed by atoms with Crippen molar-refractivity contribution < 1.29 is 0 Å². The quantitative estimate of drug-likeness (QED) is 0.746. The summed E-state index contributed by atoms with van der Waals surface area (Å²) in [5.41, 5.74) is 2.64. The molecule has 0 fully saturated rings. The van der Waals surface area contributed by atoms with Crippen LogP contribution in [-0.4, -0.2) is 18.0 Å². The Labute approximate surface area is 92.5 Å². The van der Waals surface area contributed by atoms with E-state index in [0.29, 0.717) is 0 Å². The van der Waals surface area contributed by atoms with Gasteiger partial charge in [-0.1, -0.05) is 31.5 Å². The van der Waals surface area contributed by atoms with Gasteiger partial charge in [-0.2, -0.15) is 0 Å². The van der Waals surface area contributed by atoms with Crippen LogP contribution in [0.15, 0.2) is 23.1 Å². The zero-order valence-corrected chi connectivity index (χ0v) is 10.1. The lowest BCUT2D eigenvalue weighted by Crippen LogP contribution is -2.22. The first-order chi connectivity index (χ1) is 6.67. The fourth-order valence-corrected chi connectivity index (χ4v) is 1.74. The highest BCUT2D eigenvalue weighted by atomic mass is 32.1. The molecule has 0 saturated heterocycles. The minimum Gasteiger partial charge on any atom is -0.300 e. The molecule has 1 rings (SSSR count). The number of rotatable bonds is 4. The summed E-state index contributed by atoms with van der Waals surface area (Å²) < 4.78 is 0. The second-order valence-corrected chi connectivity index (χ2v) is 4.08. The van der Waals surface area contributed by atoms with Crippen LogP contribution < -0.4 is 0 Å². The largest absolute Gasteiger partial charge is 0.300 e. The zero-order chi connectivity index (χ0) is 10.6. The molecule has 0 aliphatic rings. The zero-order valence-electron chi connectivity index (χ0n) is 9.25. The summed E-state index contributed by atoms with van der Waals surface area (Å²) in [4.78, 5) is 3.50. The van der Waals surface area contributed by atoms with Gasteiger partial charge in [-0.3, -0.25) is 4.90 Å². The SMILES string of the molecule is CCN(CC)Cc1cc(C)ccc1S. The van der Waals surface area contributed by atoms with Gasteiger partial charge >= 0.3 is 0 Å². The van der Waals surface area contributed by atoms with Crippen LogP contribution in [0.25, 0.3) is 0 Å². The average Bonchev–Trinajstić information content (AvgIpc) is 2.19. The van der Waals surface area contributed by atoms with E-state index < -0.39 is 0 Å². The lowest BCUT2D eigenvalue weighted by molar-refractivity contribution is 0.294. The Balaban J connectivity index is 2.79. The lowest BCUT2D eigenvalue weighted by Gasteiger charge is -2.19. The van der Waals surface area contributed by atoms with Crippen molar-refractivity contribution in [2.75, 3.05) is 13.1 Å². The molecule has 0 N–H and O–H groups in total. The molecule has 14 heavy (non-hydrogen) atoms. The molecular weight excluding hydrogens is 190 g/mol. The first-order valence-electron chi connectivity index (χ1n) is 5.18. The molecule has 0 spiro atoms. The van der Waals surface area contributed by atoms with Gasteiger partial charge in [-0.25, -0.2) is 0 Å². The van der Waals surface area contributed by atoms with Gasteiger partial charge in [0.1, 0.15) is 0 Å². The van der Waals surface area contributed by atoms with Crippen molar-refractivity contribution >= 4 is 12.6 Å². The number of thiol groups is 1. The smallest absolute Gasteiger partial charge is 0.0244 e. The van der Waals surface area contributed by atoms with E-state index in [9.17, 15) is 0 Å². The Hall–Kier alpha value is -0.470. The summed E-state index contributed by atoms with van der Waals surface area (Å²) in [6.45, 7) is 9.71. The summed E-state index contributed by atoms with van der Waals surface area (Å²) in [6.07, 6.45) is 0. The minimum atomic E-state index is 1.01. The molecule has 0 saturated carbocycles. The van der Waals surface area contributed by atoms with E-state index in [1.807, 2.05) is 0 Å². The van der Waals surface area contributed by atoms with Crippen molar-refractivity contribution in [2.24, 2.45) is 0 Å². The lowest BCUT2D eigenvalue weighted by atomic mass is 10.1. The fraction of sp³-hybridized carbons (Fsp3) is 0.500. The van der Waals surface area contributed by atoms with Gasteiger partial charge in [0.25, 0.3) is 0 Å². The van der Waals surface area contributed by atoms with E-state index >= 15 is 0 Å². The van der Waals surface area contributed by atoms with Gasteiger partial charge < -0.3 is 0 Å². The molecule has 0 amide bonds. The van der Waals surface area contributed by atoms with Crippen LogP contribution in [0.3, 0.4) is 0 Å². The van der Waals surface area contributed by atoms with E-state index in [-0.39, 0.29) is 0 Å². The van der Waals surface area contributed by atoms with Gasteiger partial charge in [-0.15, -0.1) is 12.6 Å². The number of nitrogens with zero attached hydrogens (tertiary/aromatic N) is 1. The van der Waals surface area contributed by atoms with Crippen molar-refractivity contribution in [3.8, 4) is 0 Å². The van der Waals surface area contributed by atoms with Crippen LogP contribution in [-0.2, 0) is 6.54 Å². The van der Waals surface area contributed by atoms with Crippen molar-refractivity contribution in [1.82, 2.24) is 4.90 Å². The highest BCUT2D eigenvalue weighted by Gasteiger charge is 2.04. The molecule has 1 nitrogen and oxygen atoms in total. The predicted molar refractivity (Wildman–Crippen MR) is 65.1 cm³/mol. The van der Waals surface area contributed by atoms with Crippen LogP contribution in [0.5, 0.6) is 0 Å².